The first-order valence-electron chi connectivity index (χ1n) is 9.84. The summed E-state index contributed by atoms with van der Waals surface area (Å²) in [7, 11) is 3.18. The van der Waals surface area contributed by atoms with E-state index in [2.05, 4.69) is 4.98 Å². The van der Waals surface area contributed by atoms with Crippen LogP contribution >= 0.6 is 23.2 Å². The number of hydrogen-bond donors (Lipinski definition) is 0. The molecule has 0 N–H and O–H groups in total. The van der Waals surface area contributed by atoms with Crippen LogP contribution in [0.3, 0.4) is 0 Å². The van der Waals surface area contributed by atoms with Gasteiger partial charge < -0.3 is 18.8 Å². The molecule has 31 heavy (non-hydrogen) atoms. The van der Waals surface area contributed by atoms with Gasteiger partial charge in [-0.2, -0.15) is 0 Å². The van der Waals surface area contributed by atoms with Crippen molar-refractivity contribution in [2.75, 3.05) is 20.8 Å². The maximum atomic E-state index is 12.8. The van der Waals surface area contributed by atoms with E-state index in [0.717, 1.165) is 5.56 Å². The van der Waals surface area contributed by atoms with Gasteiger partial charge in [0.15, 0.2) is 23.1 Å². The van der Waals surface area contributed by atoms with Crippen LogP contribution in [0, 0.1) is 0 Å². The Bertz CT molecular complexity index is 1050. The number of amides is 1. The quantitative estimate of drug-likeness (QED) is 0.411. The molecule has 3 aromatic rings. The van der Waals surface area contributed by atoms with E-state index >= 15 is 0 Å². The molecule has 1 aromatic heterocycles. The largest absolute Gasteiger partial charge is 0.493 e. The number of carbonyl (C=O) groups is 1. The van der Waals surface area contributed by atoms with Crippen LogP contribution in [0.1, 0.15) is 24.8 Å². The lowest BCUT2D eigenvalue weighted by molar-refractivity contribution is -0.131. The number of oxazole rings is 1. The first kappa shape index (κ1) is 23.0. The van der Waals surface area contributed by atoms with Crippen LogP contribution in [0.25, 0.3) is 11.3 Å². The lowest BCUT2D eigenvalue weighted by atomic mass is 10.1. The smallest absolute Gasteiger partial charge is 0.223 e. The maximum Gasteiger partial charge on any atom is 0.223 e. The number of carbonyl (C=O) groups excluding carboxylic acids is 1. The summed E-state index contributed by atoms with van der Waals surface area (Å²) in [6, 6.07) is 10.8. The lowest BCUT2D eigenvalue weighted by Crippen LogP contribution is -2.30. The molecular weight excluding hydrogens is 439 g/mol. The van der Waals surface area contributed by atoms with Gasteiger partial charge in [0.2, 0.25) is 5.91 Å². The highest BCUT2D eigenvalue weighted by Crippen LogP contribution is 2.31. The zero-order valence-electron chi connectivity index (χ0n) is 17.7. The van der Waals surface area contributed by atoms with E-state index in [0.29, 0.717) is 58.3 Å². The first-order valence-corrected chi connectivity index (χ1v) is 10.6. The molecular formula is C23H24Cl2N2O4. The summed E-state index contributed by atoms with van der Waals surface area (Å²) in [6.45, 7) is 3.02. The minimum atomic E-state index is 0.0153. The van der Waals surface area contributed by atoms with Gasteiger partial charge in [0.25, 0.3) is 0 Å². The Labute approximate surface area is 191 Å². The van der Waals surface area contributed by atoms with Crippen LogP contribution in [0.4, 0.5) is 0 Å². The normalized spacial score (nSPS) is 10.7. The van der Waals surface area contributed by atoms with Crippen LogP contribution in [0.5, 0.6) is 11.5 Å². The Morgan fingerprint density at radius 2 is 1.87 bits per heavy atom. The minimum absolute atomic E-state index is 0.0153. The third-order valence-corrected chi connectivity index (χ3v) is 5.41. The average molecular weight is 463 g/mol. The summed E-state index contributed by atoms with van der Waals surface area (Å²) >= 11 is 12.2. The second-order valence-electron chi connectivity index (χ2n) is 6.84. The first-order chi connectivity index (χ1) is 14.9. The van der Waals surface area contributed by atoms with Crippen LogP contribution in [-0.4, -0.2) is 36.6 Å². The van der Waals surface area contributed by atoms with Crippen molar-refractivity contribution in [2.45, 2.75) is 26.3 Å². The molecule has 6 nitrogen and oxygen atoms in total. The van der Waals surface area contributed by atoms with E-state index in [-0.39, 0.29) is 12.3 Å². The number of benzene rings is 2. The molecule has 1 amide bonds. The molecule has 2 aromatic carbocycles. The number of methoxy groups -OCH3 is 2. The predicted octanol–water partition coefficient (Wildman–Crippen LogP) is 5.65. The van der Waals surface area contributed by atoms with E-state index < -0.39 is 0 Å². The molecule has 0 fully saturated rings. The van der Waals surface area contributed by atoms with Gasteiger partial charge in [0.05, 0.1) is 25.4 Å². The summed E-state index contributed by atoms with van der Waals surface area (Å²) in [5.41, 5.74) is 1.67. The number of rotatable bonds is 9. The second-order valence-corrected chi connectivity index (χ2v) is 7.68. The highest BCUT2D eigenvalue weighted by Gasteiger charge is 2.16. The van der Waals surface area contributed by atoms with E-state index in [9.17, 15) is 4.79 Å². The average Bonchev–Trinajstić information content (AvgIpc) is 3.24. The number of nitrogens with zero attached hydrogens (tertiary/aromatic N) is 2. The lowest BCUT2D eigenvalue weighted by Gasteiger charge is -2.21. The third-order valence-electron chi connectivity index (χ3n) is 4.86. The van der Waals surface area contributed by atoms with Crippen LogP contribution < -0.4 is 9.47 Å². The molecule has 0 unspecified atom stereocenters. The highest BCUT2D eigenvalue weighted by atomic mass is 35.5. The topological polar surface area (TPSA) is 64.8 Å². The fraction of sp³-hybridized carbons (Fsp3) is 0.304. The Kier molecular flexibility index (Phi) is 7.82. The summed E-state index contributed by atoms with van der Waals surface area (Å²) in [5.74, 6) is 2.33. The van der Waals surface area contributed by atoms with E-state index in [4.69, 9.17) is 37.1 Å². The van der Waals surface area contributed by atoms with Gasteiger partial charge in [0.1, 0.15) is 0 Å². The zero-order valence-corrected chi connectivity index (χ0v) is 19.2. The van der Waals surface area contributed by atoms with Gasteiger partial charge in [-0.25, -0.2) is 4.98 Å². The number of aryl methyl sites for hydroxylation is 1. The van der Waals surface area contributed by atoms with Crippen molar-refractivity contribution < 1.29 is 18.7 Å². The summed E-state index contributed by atoms with van der Waals surface area (Å²) in [6.07, 6.45) is 2.29. The third kappa shape index (κ3) is 5.71. The van der Waals surface area contributed by atoms with E-state index in [1.165, 1.54) is 0 Å². The fourth-order valence-corrected chi connectivity index (χ4v) is 3.69. The van der Waals surface area contributed by atoms with Crippen molar-refractivity contribution in [3.8, 4) is 22.8 Å². The molecule has 0 radical (unpaired) electrons. The van der Waals surface area contributed by atoms with Gasteiger partial charge >= 0.3 is 0 Å². The molecule has 0 bridgehead atoms. The monoisotopic (exact) mass is 462 g/mol. The zero-order chi connectivity index (χ0) is 22.4. The van der Waals surface area contributed by atoms with Crippen LogP contribution in [0.15, 0.2) is 47.0 Å². The van der Waals surface area contributed by atoms with Crippen molar-refractivity contribution in [3.05, 3.63) is 64.1 Å². The highest BCUT2D eigenvalue weighted by molar-refractivity contribution is 6.36. The Hall–Kier alpha value is -2.70. The molecule has 0 aliphatic rings. The van der Waals surface area contributed by atoms with Crippen LogP contribution in [-0.2, 0) is 17.8 Å². The molecule has 0 saturated carbocycles. The van der Waals surface area contributed by atoms with Crippen LogP contribution in [0.2, 0.25) is 10.0 Å². The number of hydrogen-bond acceptors (Lipinski definition) is 5. The van der Waals surface area contributed by atoms with E-state index in [1.807, 2.05) is 25.1 Å². The Balaban J connectivity index is 1.62. The van der Waals surface area contributed by atoms with Crippen molar-refractivity contribution >= 4 is 29.1 Å². The van der Waals surface area contributed by atoms with E-state index in [1.54, 1.807) is 43.5 Å². The molecule has 8 heteroatoms. The molecule has 0 aliphatic heterocycles. The molecule has 0 spiro atoms. The Morgan fingerprint density at radius 3 is 2.55 bits per heavy atom. The molecule has 0 aliphatic carbocycles. The molecule has 164 valence electrons. The van der Waals surface area contributed by atoms with Gasteiger partial charge in [0, 0.05) is 36.5 Å². The number of halogens is 2. The standard InChI is InChI=1S/C23H24Cl2N2O4/c1-4-27(14-15-5-8-19(29-2)20(11-15)30-3)23(28)10-9-22-26-13-21(31-22)17-7-6-16(24)12-18(17)25/h5-8,11-13H,4,9-10,14H2,1-3H3. The predicted molar refractivity (Wildman–Crippen MR) is 121 cm³/mol. The van der Waals surface area contributed by atoms with Crippen molar-refractivity contribution in [1.29, 1.82) is 0 Å². The van der Waals surface area contributed by atoms with Crippen molar-refractivity contribution in [2.24, 2.45) is 0 Å². The summed E-state index contributed by atoms with van der Waals surface area (Å²) in [4.78, 5) is 18.8. The SMILES string of the molecule is CCN(Cc1ccc(OC)c(OC)c1)C(=O)CCc1ncc(-c2ccc(Cl)cc2Cl)o1. The van der Waals surface area contributed by atoms with Gasteiger partial charge in [-0.1, -0.05) is 29.3 Å². The number of ether oxygens (including phenoxy) is 2. The molecule has 0 atom stereocenters. The van der Waals surface area contributed by atoms with Gasteiger partial charge in [-0.05, 0) is 42.8 Å². The molecule has 1 heterocycles. The number of aromatic nitrogens is 1. The summed E-state index contributed by atoms with van der Waals surface area (Å²) < 4.78 is 16.4. The minimum Gasteiger partial charge on any atom is -0.493 e. The maximum absolute atomic E-state index is 12.8. The van der Waals surface area contributed by atoms with Crippen molar-refractivity contribution in [3.63, 3.8) is 0 Å². The van der Waals surface area contributed by atoms with Gasteiger partial charge in [-0.3, -0.25) is 4.79 Å². The van der Waals surface area contributed by atoms with Gasteiger partial charge in [-0.15, -0.1) is 0 Å². The fourth-order valence-electron chi connectivity index (χ4n) is 3.19. The summed E-state index contributed by atoms with van der Waals surface area (Å²) in [5, 5.41) is 1.03. The second kappa shape index (κ2) is 10.6. The van der Waals surface area contributed by atoms with Crippen molar-refractivity contribution in [1.82, 2.24) is 9.88 Å². The molecule has 0 saturated heterocycles. The Morgan fingerprint density at radius 1 is 1.10 bits per heavy atom. The molecule has 3 rings (SSSR count).